The lowest BCUT2D eigenvalue weighted by Gasteiger charge is -2.45. The third-order valence-electron chi connectivity index (χ3n) is 6.78. The molecule has 0 radical (unpaired) electrons. The van der Waals surface area contributed by atoms with E-state index in [-0.39, 0.29) is 35.2 Å². The first kappa shape index (κ1) is 24.5. The van der Waals surface area contributed by atoms with Crippen LogP contribution in [0.15, 0.2) is 23.1 Å². The monoisotopic (exact) mass is 491 g/mol. The van der Waals surface area contributed by atoms with Crippen LogP contribution in [0.1, 0.15) is 38.5 Å². The van der Waals surface area contributed by atoms with Gasteiger partial charge in [0.05, 0.1) is 16.3 Å². The molecular formula is C23H33N5O5S. The van der Waals surface area contributed by atoms with Crippen molar-refractivity contribution in [2.45, 2.75) is 49.5 Å². The van der Waals surface area contributed by atoms with Gasteiger partial charge in [0.1, 0.15) is 12.6 Å². The molecule has 3 heterocycles. The predicted molar refractivity (Wildman–Crippen MR) is 128 cm³/mol. The number of nitrogens with one attached hydrogen (secondary N) is 1. The number of hydrogen-bond donors (Lipinski definition) is 1. The largest absolute Gasteiger partial charge is 0.358 e. The zero-order valence-electron chi connectivity index (χ0n) is 19.8. The molecular weight excluding hydrogens is 458 g/mol. The van der Waals surface area contributed by atoms with E-state index in [9.17, 15) is 22.8 Å². The summed E-state index contributed by atoms with van der Waals surface area (Å²) in [5.41, 5.74) is 1.23. The third kappa shape index (κ3) is 4.76. The molecule has 3 aliphatic heterocycles. The maximum Gasteiger partial charge on any atom is 0.250 e. The van der Waals surface area contributed by atoms with Crippen LogP contribution in [0.4, 0.5) is 11.4 Å². The number of piperidine rings is 1. The highest BCUT2D eigenvalue weighted by Crippen LogP contribution is 2.40. The van der Waals surface area contributed by atoms with Crippen molar-refractivity contribution in [3.05, 3.63) is 18.2 Å². The van der Waals surface area contributed by atoms with Gasteiger partial charge in [0.25, 0.3) is 0 Å². The topological polar surface area (TPSA) is 110 Å². The molecule has 34 heavy (non-hydrogen) atoms. The number of nitrogens with zero attached hydrogens (tertiary/aromatic N) is 4. The van der Waals surface area contributed by atoms with E-state index in [1.165, 1.54) is 25.1 Å². The summed E-state index contributed by atoms with van der Waals surface area (Å²) >= 11 is 0. The molecule has 0 spiro atoms. The van der Waals surface area contributed by atoms with Gasteiger partial charge in [-0.2, -0.15) is 0 Å². The van der Waals surface area contributed by atoms with Crippen molar-refractivity contribution in [3.63, 3.8) is 0 Å². The lowest BCUT2D eigenvalue weighted by Crippen LogP contribution is -2.57. The highest BCUT2D eigenvalue weighted by molar-refractivity contribution is 7.89. The van der Waals surface area contributed by atoms with Crippen LogP contribution in [0.3, 0.4) is 0 Å². The van der Waals surface area contributed by atoms with Crippen LogP contribution >= 0.6 is 0 Å². The summed E-state index contributed by atoms with van der Waals surface area (Å²) in [7, 11) is -0.776. The Bertz CT molecular complexity index is 1070. The molecule has 0 unspecified atom stereocenters. The Hall–Kier alpha value is -2.66. The van der Waals surface area contributed by atoms with E-state index >= 15 is 0 Å². The molecule has 1 N–H and O–H groups in total. The summed E-state index contributed by atoms with van der Waals surface area (Å²) < 4.78 is 26.6. The van der Waals surface area contributed by atoms with Crippen LogP contribution in [-0.4, -0.2) is 88.2 Å². The van der Waals surface area contributed by atoms with Gasteiger partial charge in [-0.1, -0.05) is 0 Å². The SMILES string of the molecule is CN(C)S(=O)(=O)c1ccc2c(c1)N(CC(=O)NCCCN1CCCC1=O)C(=O)[C@H]1CCCCN21. The minimum Gasteiger partial charge on any atom is -0.358 e. The average Bonchev–Trinajstić information content (AvgIpc) is 3.23. The van der Waals surface area contributed by atoms with Gasteiger partial charge < -0.3 is 15.1 Å². The number of carbonyl (C=O) groups is 3. The van der Waals surface area contributed by atoms with Crippen molar-refractivity contribution in [1.82, 2.24) is 14.5 Å². The van der Waals surface area contributed by atoms with Gasteiger partial charge >= 0.3 is 0 Å². The smallest absolute Gasteiger partial charge is 0.250 e. The number of carbonyl (C=O) groups excluding carboxylic acids is 3. The molecule has 4 rings (SSSR count). The van der Waals surface area contributed by atoms with E-state index in [0.29, 0.717) is 38.0 Å². The highest BCUT2D eigenvalue weighted by Gasteiger charge is 2.40. The molecule has 0 aromatic heterocycles. The number of likely N-dealkylation sites (tertiary alicyclic amines) is 1. The van der Waals surface area contributed by atoms with Gasteiger partial charge in [-0.25, -0.2) is 12.7 Å². The number of amides is 3. The second-order valence-electron chi connectivity index (χ2n) is 9.26. The Morgan fingerprint density at radius 1 is 1.12 bits per heavy atom. The Labute approximate surface area is 200 Å². The summed E-state index contributed by atoms with van der Waals surface area (Å²) in [4.78, 5) is 43.2. The number of benzene rings is 1. The molecule has 2 saturated heterocycles. The lowest BCUT2D eigenvalue weighted by atomic mass is 9.96. The summed E-state index contributed by atoms with van der Waals surface area (Å²) in [5.74, 6) is -0.330. The molecule has 3 amide bonds. The molecule has 0 saturated carbocycles. The fourth-order valence-electron chi connectivity index (χ4n) is 4.91. The molecule has 1 aromatic carbocycles. The van der Waals surface area contributed by atoms with E-state index in [1.807, 2.05) is 4.90 Å². The maximum atomic E-state index is 13.4. The fraction of sp³-hybridized carbons (Fsp3) is 0.609. The predicted octanol–water partition coefficient (Wildman–Crippen LogP) is 0.771. The second kappa shape index (κ2) is 9.91. The quantitative estimate of drug-likeness (QED) is 0.538. The van der Waals surface area contributed by atoms with Crippen LogP contribution in [0.2, 0.25) is 0 Å². The first-order valence-electron chi connectivity index (χ1n) is 11.9. The Kier molecular flexibility index (Phi) is 7.13. The number of sulfonamides is 1. The Morgan fingerprint density at radius 3 is 2.62 bits per heavy atom. The van der Waals surface area contributed by atoms with Crippen LogP contribution in [0.5, 0.6) is 0 Å². The zero-order chi connectivity index (χ0) is 24.5. The molecule has 10 nitrogen and oxygen atoms in total. The first-order valence-corrected chi connectivity index (χ1v) is 13.3. The van der Waals surface area contributed by atoms with Crippen molar-refractivity contribution in [2.75, 3.05) is 56.6 Å². The molecule has 1 aromatic rings. The van der Waals surface area contributed by atoms with Crippen LogP contribution < -0.4 is 15.1 Å². The zero-order valence-corrected chi connectivity index (χ0v) is 20.6. The van der Waals surface area contributed by atoms with E-state index in [0.717, 1.165) is 42.3 Å². The molecule has 186 valence electrons. The van der Waals surface area contributed by atoms with Crippen LogP contribution in [0.25, 0.3) is 0 Å². The van der Waals surface area contributed by atoms with Crippen molar-refractivity contribution in [3.8, 4) is 0 Å². The van der Waals surface area contributed by atoms with Crippen molar-refractivity contribution in [2.24, 2.45) is 0 Å². The molecule has 0 aliphatic carbocycles. The second-order valence-corrected chi connectivity index (χ2v) is 11.4. The minimum absolute atomic E-state index is 0.0835. The first-order chi connectivity index (χ1) is 16.2. The Morgan fingerprint density at radius 2 is 1.91 bits per heavy atom. The van der Waals surface area contributed by atoms with E-state index in [4.69, 9.17) is 0 Å². The van der Waals surface area contributed by atoms with Gasteiger partial charge in [-0.3, -0.25) is 19.3 Å². The molecule has 2 fully saturated rings. The summed E-state index contributed by atoms with van der Waals surface area (Å²) in [6, 6.07) is 4.47. The van der Waals surface area contributed by atoms with Gasteiger partial charge in [-0.15, -0.1) is 0 Å². The van der Waals surface area contributed by atoms with Gasteiger partial charge in [-0.05, 0) is 50.3 Å². The molecule has 1 atom stereocenters. The van der Waals surface area contributed by atoms with Crippen molar-refractivity contribution < 1.29 is 22.8 Å². The third-order valence-corrected chi connectivity index (χ3v) is 8.59. The average molecular weight is 492 g/mol. The van der Waals surface area contributed by atoms with E-state index in [1.54, 1.807) is 17.0 Å². The van der Waals surface area contributed by atoms with E-state index < -0.39 is 10.0 Å². The van der Waals surface area contributed by atoms with Gasteiger partial charge in [0.2, 0.25) is 27.7 Å². The van der Waals surface area contributed by atoms with Gasteiger partial charge in [0, 0.05) is 46.7 Å². The fourth-order valence-corrected chi connectivity index (χ4v) is 5.83. The highest BCUT2D eigenvalue weighted by atomic mass is 32.2. The van der Waals surface area contributed by atoms with Crippen molar-refractivity contribution >= 4 is 39.1 Å². The molecule has 3 aliphatic rings. The van der Waals surface area contributed by atoms with Crippen molar-refractivity contribution in [1.29, 1.82) is 0 Å². The normalized spacial score (nSPS) is 20.6. The maximum absolute atomic E-state index is 13.4. The van der Waals surface area contributed by atoms with E-state index in [2.05, 4.69) is 5.32 Å². The lowest BCUT2D eigenvalue weighted by molar-refractivity contribution is -0.127. The standard InChI is InChI=1S/C23H33N5O5S/c1-25(2)34(32,33)17-9-10-18-20(15-17)28(23(31)19-7-3-4-14-27(18)19)16-21(29)24-11-6-13-26-12-5-8-22(26)30/h9-10,15,19H,3-8,11-14,16H2,1-2H3,(H,24,29)/t19-/m1/s1. The number of rotatable bonds is 8. The molecule has 11 heteroatoms. The van der Waals surface area contributed by atoms with Crippen LogP contribution in [-0.2, 0) is 24.4 Å². The number of fused-ring (bicyclic) bond motifs is 3. The summed E-state index contributed by atoms with van der Waals surface area (Å²) in [6.45, 7) is 2.32. The minimum atomic E-state index is -3.70. The Balaban J connectivity index is 1.51. The van der Waals surface area contributed by atoms with Crippen LogP contribution in [0, 0.1) is 0 Å². The number of hydrogen-bond acceptors (Lipinski definition) is 6. The van der Waals surface area contributed by atoms with Gasteiger partial charge in [0.15, 0.2) is 0 Å². The number of anilines is 2. The summed E-state index contributed by atoms with van der Waals surface area (Å²) in [6.07, 6.45) is 4.71. The summed E-state index contributed by atoms with van der Waals surface area (Å²) in [5, 5.41) is 2.84. The molecule has 0 bridgehead atoms.